The van der Waals surface area contributed by atoms with Gasteiger partial charge in [-0.1, -0.05) is 79.4 Å². The van der Waals surface area contributed by atoms with E-state index in [0.717, 1.165) is 48.8 Å². The second-order valence-corrected chi connectivity index (χ2v) is 9.89. The van der Waals surface area contributed by atoms with Crippen LogP contribution in [-0.4, -0.2) is 22.4 Å². The molecule has 184 valence electrons. The first-order valence-electron chi connectivity index (χ1n) is 12.2. The summed E-state index contributed by atoms with van der Waals surface area (Å²) >= 11 is 6.17. The first-order chi connectivity index (χ1) is 17.3. The van der Waals surface area contributed by atoms with Crippen molar-refractivity contribution in [3.63, 3.8) is 0 Å². The zero-order valence-corrected chi connectivity index (χ0v) is 21.0. The van der Waals surface area contributed by atoms with Gasteiger partial charge in [-0.25, -0.2) is 0 Å². The molecule has 1 atom stereocenters. The van der Waals surface area contributed by atoms with E-state index in [1.165, 1.54) is 13.0 Å². The van der Waals surface area contributed by atoms with Crippen LogP contribution in [0.5, 0.6) is 0 Å². The number of nitrogens with zero attached hydrogens (tertiary/aromatic N) is 1. The highest BCUT2D eigenvalue weighted by atomic mass is 35.5. The summed E-state index contributed by atoms with van der Waals surface area (Å²) in [6.07, 6.45) is 4.73. The van der Waals surface area contributed by atoms with Gasteiger partial charge in [0.25, 0.3) is 5.91 Å². The number of anilines is 1. The number of rotatable bonds is 7. The number of ketones is 1. The van der Waals surface area contributed by atoms with E-state index in [9.17, 15) is 14.7 Å². The van der Waals surface area contributed by atoms with Crippen LogP contribution < -0.4 is 5.32 Å². The molecule has 6 heteroatoms. The lowest BCUT2D eigenvalue weighted by molar-refractivity contribution is -0.141. The van der Waals surface area contributed by atoms with Crippen molar-refractivity contribution < 1.29 is 14.7 Å². The Bertz CT molecular complexity index is 1310. The molecule has 1 fully saturated rings. The minimum absolute atomic E-state index is 0.00101. The lowest BCUT2D eigenvalue weighted by Crippen LogP contribution is -2.51. The van der Waals surface area contributed by atoms with E-state index in [-0.39, 0.29) is 23.1 Å². The fourth-order valence-corrected chi connectivity index (χ4v) is 5.27. The number of carbonyl (C=O) groups excluding carboxylic acids is 2. The third-order valence-corrected chi connectivity index (χ3v) is 7.41. The third-order valence-electron chi connectivity index (χ3n) is 7.10. The van der Waals surface area contributed by atoms with Gasteiger partial charge in [0.2, 0.25) is 0 Å². The lowest BCUT2D eigenvalue weighted by Gasteiger charge is -2.38. The smallest absolute Gasteiger partial charge is 0.256 e. The summed E-state index contributed by atoms with van der Waals surface area (Å²) in [5, 5.41) is 24.3. The van der Waals surface area contributed by atoms with Crippen LogP contribution in [0.25, 0.3) is 11.1 Å². The van der Waals surface area contributed by atoms with E-state index < -0.39 is 11.5 Å². The molecule has 0 aliphatic heterocycles. The topological polar surface area (TPSA) is 90.2 Å². The van der Waals surface area contributed by atoms with Gasteiger partial charge in [-0.15, -0.1) is 0 Å². The van der Waals surface area contributed by atoms with Gasteiger partial charge >= 0.3 is 0 Å². The van der Waals surface area contributed by atoms with Crippen LogP contribution in [0.3, 0.4) is 0 Å². The number of halogens is 1. The van der Waals surface area contributed by atoms with Crippen LogP contribution in [0, 0.1) is 17.2 Å². The zero-order chi connectivity index (χ0) is 25.7. The largest absolute Gasteiger partial charge is 0.379 e. The Morgan fingerprint density at radius 3 is 2.39 bits per heavy atom. The van der Waals surface area contributed by atoms with Crippen LogP contribution >= 0.6 is 11.6 Å². The van der Waals surface area contributed by atoms with Gasteiger partial charge in [0.1, 0.15) is 11.7 Å². The fourth-order valence-electron chi connectivity index (χ4n) is 5.04. The quantitative estimate of drug-likeness (QED) is 0.359. The highest BCUT2D eigenvalue weighted by Crippen LogP contribution is 2.38. The highest BCUT2D eigenvalue weighted by Gasteiger charge is 2.44. The van der Waals surface area contributed by atoms with E-state index in [4.69, 9.17) is 16.9 Å². The molecule has 4 rings (SSSR count). The fraction of sp³-hybridized carbons (Fsp3) is 0.300. The SMILES string of the molecule is CC(=O)c1ccc(-c2ccccc2C[C@](O)(C(=O)Nc2ccc(C#N)c(Cl)c2)C2CCCCC2)cc1. The van der Waals surface area contributed by atoms with Crippen molar-refractivity contribution in [2.75, 3.05) is 5.32 Å². The molecule has 0 radical (unpaired) electrons. The Labute approximate surface area is 216 Å². The summed E-state index contributed by atoms with van der Waals surface area (Å²) in [6, 6.07) is 21.8. The molecule has 0 spiro atoms. The van der Waals surface area contributed by atoms with Crippen molar-refractivity contribution in [2.45, 2.75) is 51.0 Å². The van der Waals surface area contributed by atoms with Crippen molar-refractivity contribution in [3.8, 4) is 17.2 Å². The second kappa shape index (κ2) is 11.1. The Kier molecular flexibility index (Phi) is 7.88. The van der Waals surface area contributed by atoms with Crippen LogP contribution in [-0.2, 0) is 11.2 Å². The van der Waals surface area contributed by atoms with Gasteiger partial charge in [0, 0.05) is 17.7 Å². The number of nitrogens with one attached hydrogen (secondary N) is 1. The summed E-state index contributed by atoms with van der Waals surface area (Å²) in [4.78, 5) is 25.4. The molecule has 0 heterocycles. The first kappa shape index (κ1) is 25.6. The number of Topliss-reactive ketones (excluding diaryl/α,β-unsaturated/α-hetero) is 1. The van der Waals surface area contributed by atoms with E-state index in [2.05, 4.69) is 5.32 Å². The van der Waals surface area contributed by atoms with Crippen LogP contribution in [0.1, 0.15) is 60.5 Å². The predicted molar refractivity (Wildman–Crippen MR) is 142 cm³/mol. The number of carbonyl (C=O) groups is 2. The molecule has 0 aromatic heterocycles. The molecule has 3 aromatic rings. The molecular formula is C30H29ClN2O3. The molecule has 3 aromatic carbocycles. The van der Waals surface area contributed by atoms with Crippen LogP contribution in [0.2, 0.25) is 5.02 Å². The van der Waals surface area contributed by atoms with Crippen LogP contribution in [0.4, 0.5) is 5.69 Å². The van der Waals surface area contributed by atoms with Gasteiger partial charge in [-0.05, 0) is 60.6 Å². The monoisotopic (exact) mass is 500 g/mol. The van der Waals surface area contributed by atoms with Crippen molar-refractivity contribution in [1.29, 1.82) is 5.26 Å². The van der Waals surface area contributed by atoms with Crippen molar-refractivity contribution in [1.82, 2.24) is 0 Å². The first-order valence-corrected chi connectivity index (χ1v) is 12.6. The molecule has 1 amide bonds. The molecule has 0 bridgehead atoms. The number of hydrogen-bond acceptors (Lipinski definition) is 4. The molecule has 1 saturated carbocycles. The number of nitriles is 1. The van der Waals surface area contributed by atoms with Crippen molar-refractivity contribution in [3.05, 3.63) is 88.4 Å². The van der Waals surface area contributed by atoms with Gasteiger partial charge < -0.3 is 10.4 Å². The average molecular weight is 501 g/mol. The summed E-state index contributed by atoms with van der Waals surface area (Å²) in [5.41, 5.74) is 2.45. The minimum Gasteiger partial charge on any atom is -0.379 e. The number of benzene rings is 3. The van der Waals surface area contributed by atoms with E-state index in [1.54, 1.807) is 24.3 Å². The normalized spacial score (nSPS) is 15.5. The number of amides is 1. The summed E-state index contributed by atoms with van der Waals surface area (Å²) in [7, 11) is 0. The molecular weight excluding hydrogens is 472 g/mol. The van der Waals surface area contributed by atoms with E-state index >= 15 is 0 Å². The Hall–Kier alpha value is -3.46. The van der Waals surface area contributed by atoms with Gasteiger partial charge in [0.15, 0.2) is 5.78 Å². The highest BCUT2D eigenvalue weighted by molar-refractivity contribution is 6.32. The third kappa shape index (κ3) is 5.51. The van der Waals surface area contributed by atoms with Gasteiger partial charge in [0.05, 0.1) is 10.6 Å². The molecule has 1 aliphatic rings. The van der Waals surface area contributed by atoms with Crippen molar-refractivity contribution >= 4 is 29.0 Å². The Morgan fingerprint density at radius 2 is 1.75 bits per heavy atom. The van der Waals surface area contributed by atoms with Crippen molar-refractivity contribution in [2.24, 2.45) is 5.92 Å². The zero-order valence-electron chi connectivity index (χ0n) is 20.3. The standard InChI is InChI=1S/C30H29ClN2O3/c1-20(34)21-11-13-22(14-12-21)27-10-6-5-7-23(27)18-30(36,25-8-3-2-4-9-25)29(35)33-26-16-15-24(19-32)28(31)17-26/h5-7,10-17,25,36H,2-4,8-9,18H2,1H3,(H,33,35)/t30-/m1/s1. The maximum atomic E-state index is 13.7. The maximum absolute atomic E-state index is 13.7. The van der Waals surface area contributed by atoms with Gasteiger partial charge in [-0.2, -0.15) is 5.26 Å². The maximum Gasteiger partial charge on any atom is 0.256 e. The number of aliphatic hydroxyl groups is 1. The summed E-state index contributed by atoms with van der Waals surface area (Å²) < 4.78 is 0. The molecule has 0 saturated heterocycles. The molecule has 1 aliphatic carbocycles. The minimum atomic E-state index is -1.63. The summed E-state index contributed by atoms with van der Waals surface area (Å²) in [6.45, 7) is 1.53. The molecule has 5 nitrogen and oxygen atoms in total. The Balaban J connectivity index is 1.68. The predicted octanol–water partition coefficient (Wildman–Crippen LogP) is 6.57. The Morgan fingerprint density at radius 1 is 1.06 bits per heavy atom. The molecule has 36 heavy (non-hydrogen) atoms. The number of hydrogen-bond donors (Lipinski definition) is 2. The van der Waals surface area contributed by atoms with Gasteiger partial charge in [-0.3, -0.25) is 9.59 Å². The van der Waals surface area contributed by atoms with Crippen LogP contribution in [0.15, 0.2) is 66.7 Å². The van der Waals surface area contributed by atoms with E-state index in [0.29, 0.717) is 16.8 Å². The molecule has 2 N–H and O–H groups in total. The molecule has 0 unspecified atom stereocenters. The second-order valence-electron chi connectivity index (χ2n) is 9.49. The summed E-state index contributed by atoms with van der Waals surface area (Å²) in [5.74, 6) is -0.661. The lowest BCUT2D eigenvalue weighted by atomic mass is 9.72. The van der Waals surface area contributed by atoms with E-state index in [1.807, 2.05) is 42.5 Å². The average Bonchev–Trinajstić information content (AvgIpc) is 2.89.